The highest BCUT2D eigenvalue weighted by atomic mass is 19.1. The standard InChI is InChI=1S/C18H26FN3O/c19-17-3-1-15(2-4-17)13-18(23)22-11-9-21(10-12-22)14-16-5-7-20-8-6-16/h1-4,16,20H,5-14H2. The minimum atomic E-state index is -0.257. The molecular formula is C18H26FN3O. The van der Waals surface area contributed by atoms with Crippen LogP contribution in [0.25, 0.3) is 0 Å². The zero-order valence-corrected chi connectivity index (χ0v) is 13.6. The van der Waals surface area contributed by atoms with Gasteiger partial charge in [0, 0.05) is 32.7 Å². The van der Waals surface area contributed by atoms with Gasteiger partial charge in [-0.3, -0.25) is 9.69 Å². The molecule has 2 aliphatic rings. The van der Waals surface area contributed by atoms with Crippen molar-refractivity contribution >= 4 is 5.91 Å². The monoisotopic (exact) mass is 319 g/mol. The van der Waals surface area contributed by atoms with Gasteiger partial charge in [-0.25, -0.2) is 4.39 Å². The summed E-state index contributed by atoms with van der Waals surface area (Å²) in [5.74, 6) is 0.698. The molecule has 0 atom stereocenters. The fraction of sp³-hybridized carbons (Fsp3) is 0.611. The molecule has 0 bridgehead atoms. The fourth-order valence-corrected chi connectivity index (χ4v) is 3.50. The molecule has 0 spiro atoms. The van der Waals surface area contributed by atoms with Gasteiger partial charge in [-0.05, 0) is 49.5 Å². The Morgan fingerprint density at radius 3 is 2.39 bits per heavy atom. The largest absolute Gasteiger partial charge is 0.340 e. The quantitative estimate of drug-likeness (QED) is 0.914. The Kier molecular flexibility index (Phi) is 5.62. The van der Waals surface area contributed by atoms with E-state index in [4.69, 9.17) is 0 Å². The molecular weight excluding hydrogens is 293 g/mol. The first kappa shape index (κ1) is 16.4. The number of hydrogen-bond acceptors (Lipinski definition) is 3. The van der Waals surface area contributed by atoms with Crippen molar-refractivity contribution in [2.45, 2.75) is 19.3 Å². The molecule has 2 fully saturated rings. The summed E-state index contributed by atoms with van der Waals surface area (Å²) in [6.45, 7) is 7.01. The molecule has 0 saturated carbocycles. The van der Waals surface area contributed by atoms with Crippen LogP contribution in [0.3, 0.4) is 0 Å². The Bertz CT molecular complexity index is 506. The van der Waals surface area contributed by atoms with Crippen molar-refractivity contribution in [3.05, 3.63) is 35.6 Å². The SMILES string of the molecule is O=C(Cc1ccc(F)cc1)N1CCN(CC2CCNCC2)CC1. The van der Waals surface area contributed by atoms with Crippen molar-refractivity contribution < 1.29 is 9.18 Å². The summed E-state index contributed by atoms with van der Waals surface area (Å²) in [6.07, 6.45) is 2.90. The molecule has 2 heterocycles. The molecule has 23 heavy (non-hydrogen) atoms. The Morgan fingerprint density at radius 2 is 1.74 bits per heavy atom. The molecule has 1 aromatic rings. The number of amides is 1. The number of rotatable bonds is 4. The van der Waals surface area contributed by atoms with E-state index in [1.807, 2.05) is 4.90 Å². The van der Waals surface area contributed by atoms with Crippen LogP contribution in [0.15, 0.2) is 24.3 Å². The van der Waals surface area contributed by atoms with E-state index in [-0.39, 0.29) is 11.7 Å². The van der Waals surface area contributed by atoms with E-state index in [2.05, 4.69) is 10.2 Å². The molecule has 0 aromatic heterocycles. The number of halogens is 1. The molecule has 126 valence electrons. The Balaban J connectivity index is 1.42. The van der Waals surface area contributed by atoms with E-state index < -0.39 is 0 Å². The minimum Gasteiger partial charge on any atom is -0.340 e. The molecule has 1 aromatic carbocycles. The molecule has 2 aliphatic heterocycles. The predicted molar refractivity (Wildman–Crippen MR) is 88.7 cm³/mol. The molecule has 5 heteroatoms. The first-order chi connectivity index (χ1) is 11.2. The third-order valence-electron chi connectivity index (χ3n) is 4.97. The van der Waals surface area contributed by atoms with Crippen molar-refractivity contribution in [2.75, 3.05) is 45.8 Å². The van der Waals surface area contributed by atoms with Crippen molar-refractivity contribution in [2.24, 2.45) is 5.92 Å². The molecule has 0 unspecified atom stereocenters. The molecule has 3 rings (SSSR count). The summed E-state index contributed by atoms with van der Waals surface area (Å²) in [7, 11) is 0. The van der Waals surface area contributed by atoms with Gasteiger partial charge in [0.15, 0.2) is 0 Å². The molecule has 1 N–H and O–H groups in total. The molecule has 1 amide bonds. The van der Waals surface area contributed by atoms with E-state index in [1.165, 1.54) is 31.5 Å². The summed E-state index contributed by atoms with van der Waals surface area (Å²) < 4.78 is 12.9. The lowest BCUT2D eigenvalue weighted by molar-refractivity contribution is -0.132. The third-order valence-corrected chi connectivity index (χ3v) is 4.97. The van der Waals surface area contributed by atoms with Crippen LogP contribution in [0, 0.1) is 11.7 Å². The van der Waals surface area contributed by atoms with Crippen molar-refractivity contribution in [1.29, 1.82) is 0 Å². The highest BCUT2D eigenvalue weighted by Gasteiger charge is 2.23. The fourth-order valence-electron chi connectivity index (χ4n) is 3.50. The van der Waals surface area contributed by atoms with Gasteiger partial charge in [0.05, 0.1) is 6.42 Å². The number of hydrogen-bond donors (Lipinski definition) is 1. The lowest BCUT2D eigenvalue weighted by atomic mass is 9.97. The number of nitrogens with zero attached hydrogens (tertiary/aromatic N) is 2. The van der Waals surface area contributed by atoms with Gasteiger partial charge in [-0.15, -0.1) is 0 Å². The Labute approximate surface area is 137 Å². The summed E-state index contributed by atoms with van der Waals surface area (Å²) in [5, 5.41) is 3.41. The highest BCUT2D eigenvalue weighted by Crippen LogP contribution is 2.15. The van der Waals surface area contributed by atoms with Crippen LogP contribution in [0.2, 0.25) is 0 Å². The van der Waals surface area contributed by atoms with Crippen molar-refractivity contribution in [1.82, 2.24) is 15.1 Å². The maximum atomic E-state index is 12.9. The number of benzene rings is 1. The van der Waals surface area contributed by atoms with Crippen LogP contribution in [-0.2, 0) is 11.2 Å². The number of piperazine rings is 1. The smallest absolute Gasteiger partial charge is 0.227 e. The lowest BCUT2D eigenvalue weighted by Crippen LogP contribution is -2.50. The normalized spacial score (nSPS) is 20.7. The summed E-state index contributed by atoms with van der Waals surface area (Å²) in [6, 6.07) is 6.22. The zero-order chi connectivity index (χ0) is 16.1. The van der Waals surface area contributed by atoms with Crippen molar-refractivity contribution in [3.63, 3.8) is 0 Å². The zero-order valence-electron chi connectivity index (χ0n) is 13.6. The van der Waals surface area contributed by atoms with Crippen LogP contribution < -0.4 is 5.32 Å². The second kappa shape index (κ2) is 7.88. The van der Waals surface area contributed by atoms with Crippen LogP contribution in [0.1, 0.15) is 18.4 Å². The van der Waals surface area contributed by atoms with Crippen molar-refractivity contribution in [3.8, 4) is 0 Å². The lowest BCUT2D eigenvalue weighted by Gasteiger charge is -2.37. The maximum Gasteiger partial charge on any atom is 0.227 e. The van der Waals surface area contributed by atoms with Gasteiger partial charge < -0.3 is 10.2 Å². The summed E-state index contributed by atoms with van der Waals surface area (Å²) in [5.41, 5.74) is 0.883. The minimum absolute atomic E-state index is 0.151. The highest BCUT2D eigenvalue weighted by molar-refractivity contribution is 5.78. The van der Waals surface area contributed by atoms with Gasteiger partial charge in [-0.1, -0.05) is 12.1 Å². The summed E-state index contributed by atoms with van der Waals surface area (Å²) in [4.78, 5) is 16.8. The third kappa shape index (κ3) is 4.75. The molecule has 0 aliphatic carbocycles. The van der Waals surface area contributed by atoms with Gasteiger partial charge in [0.2, 0.25) is 5.91 Å². The molecule has 2 saturated heterocycles. The number of carbonyl (C=O) groups excluding carboxylic acids is 1. The van der Waals surface area contributed by atoms with Crippen LogP contribution in [0.4, 0.5) is 4.39 Å². The van der Waals surface area contributed by atoms with E-state index in [0.717, 1.165) is 50.7 Å². The second-order valence-corrected chi connectivity index (χ2v) is 6.68. The van der Waals surface area contributed by atoms with Gasteiger partial charge in [0.25, 0.3) is 0 Å². The van der Waals surface area contributed by atoms with Crippen LogP contribution >= 0.6 is 0 Å². The average molecular weight is 319 g/mol. The molecule has 4 nitrogen and oxygen atoms in total. The van der Waals surface area contributed by atoms with E-state index in [0.29, 0.717) is 6.42 Å². The average Bonchev–Trinajstić information content (AvgIpc) is 2.58. The Morgan fingerprint density at radius 1 is 1.09 bits per heavy atom. The number of carbonyl (C=O) groups is 1. The number of piperidine rings is 1. The van der Waals surface area contributed by atoms with Crippen LogP contribution in [0.5, 0.6) is 0 Å². The second-order valence-electron chi connectivity index (χ2n) is 6.68. The van der Waals surface area contributed by atoms with E-state index in [1.54, 1.807) is 12.1 Å². The van der Waals surface area contributed by atoms with Gasteiger partial charge in [-0.2, -0.15) is 0 Å². The first-order valence-corrected chi connectivity index (χ1v) is 8.66. The van der Waals surface area contributed by atoms with Gasteiger partial charge in [0.1, 0.15) is 5.82 Å². The predicted octanol–water partition coefficient (Wildman–Crippen LogP) is 1.51. The topological polar surface area (TPSA) is 35.6 Å². The van der Waals surface area contributed by atoms with E-state index >= 15 is 0 Å². The van der Waals surface area contributed by atoms with E-state index in [9.17, 15) is 9.18 Å². The number of nitrogens with one attached hydrogen (secondary N) is 1. The van der Waals surface area contributed by atoms with Crippen LogP contribution in [-0.4, -0.2) is 61.5 Å². The first-order valence-electron chi connectivity index (χ1n) is 8.66. The summed E-state index contributed by atoms with van der Waals surface area (Å²) >= 11 is 0. The van der Waals surface area contributed by atoms with Gasteiger partial charge >= 0.3 is 0 Å². The Hall–Kier alpha value is -1.46. The maximum absolute atomic E-state index is 12.9. The molecule has 0 radical (unpaired) electrons.